The summed E-state index contributed by atoms with van der Waals surface area (Å²) in [4.78, 5) is 11.7. The highest BCUT2D eigenvalue weighted by molar-refractivity contribution is 6.31. The van der Waals surface area contributed by atoms with E-state index in [1.54, 1.807) is 25.1 Å². The van der Waals surface area contributed by atoms with Gasteiger partial charge in [0.25, 0.3) is 0 Å². The highest BCUT2D eigenvalue weighted by Gasteiger charge is 2.26. The number of halogens is 1. The molecule has 2 rings (SSSR count). The maximum atomic E-state index is 11.7. The topological polar surface area (TPSA) is 71.7 Å². The zero-order valence-electron chi connectivity index (χ0n) is 12.2. The number of carbonyl (C=O) groups is 1. The molecule has 2 N–H and O–H groups in total. The molecule has 0 bridgehead atoms. The van der Waals surface area contributed by atoms with Crippen LogP contribution in [0.4, 0.5) is 0 Å². The third-order valence-electron chi connectivity index (χ3n) is 3.13. The van der Waals surface area contributed by atoms with Crippen LogP contribution in [0.1, 0.15) is 18.2 Å². The van der Waals surface area contributed by atoms with Crippen molar-refractivity contribution in [3.05, 3.63) is 59.0 Å². The Morgan fingerprint density at radius 2 is 2.14 bits per heavy atom. The van der Waals surface area contributed by atoms with E-state index in [2.05, 4.69) is 5.32 Å². The first-order chi connectivity index (χ1) is 10.5. The summed E-state index contributed by atoms with van der Waals surface area (Å²) in [5, 5.41) is 13.4. The molecule has 0 aliphatic rings. The van der Waals surface area contributed by atoms with Crippen LogP contribution in [0, 0.1) is 0 Å². The van der Waals surface area contributed by atoms with Gasteiger partial charge < -0.3 is 19.6 Å². The molecule has 2 aromatic rings. The van der Waals surface area contributed by atoms with Gasteiger partial charge in [-0.2, -0.15) is 0 Å². The molecule has 5 nitrogen and oxygen atoms in total. The summed E-state index contributed by atoms with van der Waals surface area (Å²) >= 11 is 5.99. The predicted molar refractivity (Wildman–Crippen MR) is 82.4 cm³/mol. The molecule has 0 aliphatic heterocycles. The maximum Gasteiger partial charge on any atom is 0.246 e. The van der Waals surface area contributed by atoms with Gasteiger partial charge in [-0.15, -0.1) is 0 Å². The molecule has 0 saturated carbocycles. The van der Waals surface area contributed by atoms with Crippen LogP contribution in [0.15, 0.2) is 47.1 Å². The van der Waals surface area contributed by atoms with Crippen molar-refractivity contribution in [3.8, 4) is 0 Å². The Morgan fingerprint density at radius 1 is 1.36 bits per heavy atom. The number of aliphatic hydroxyl groups is 1. The van der Waals surface area contributed by atoms with E-state index < -0.39 is 5.60 Å². The molecule has 118 valence electrons. The summed E-state index contributed by atoms with van der Waals surface area (Å²) in [7, 11) is 0. The van der Waals surface area contributed by atoms with E-state index in [9.17, 15) is 9.90 Å². The first kappa shape index (κ1) is 16.5. The van der Waals surface area contributed by atoms with Crippen molar-refractivity contribution in [1.29, 1.82) is 0 Å². The Balaban J connectivity index is 1.73. The SMILES string of the molecule is CC(O)(CNC(=O)COCc1ccccc1Cl)c1ccco1. The van der Waals surface area contributed by atoms with Gasteiger partial charge in [0.1, 0.15) is 18.0 Å². The molecule has 0 radical (unpaired) electrons. The number of hydrogen-bond donors (Lipinski definition) is 2. The largest absolute Gasteiger partial charge is 0.466 e. The molecule has 1 aromatic heterocycles. The van der Waals surface area contributed by atoms with Gasteiger partial charge in [-0.05, 0) is 30.7 Å². The summed E-state index contributed by atoms with van der Waals surface area (Å²) in [6.07, 6.45) is 1.47. The van der Waals surface area contributed by atoms with Crippen molar-refractivity contribution in [2.75, 3.05) is 13.2 Å². The Kier molecular flexibility index (Phi) is 5.60. The standard InChI is InChI=1S/C16H18ClNO4/c1-16(20,14-7-4-8-22-14)11-18-15(19)10-21-9-12-5-2-3-6-13(12)17/h2-8,20H,9-11H2,1H3,(H,18,19). The van der Waals surface area contributed by atoms with Crippen molar-refractivity contribution >= 4 is 17.5 Å². The molecule has 1 aromatic carbocycles. The van der Waals surface area contributed by atoms with Gasteiger partial charge in [0, 0.05) is 5.02 Å². The Labute approximate surface area is 133 Å². The van der Waals surface area contributed by atoms with Crippen LogP contribution in [-0.2, 0) is 21.7 Å². The quantitative estimate of drug-likeness (QED) is 0.821. The van der Waals surface area contributed by atoms with E-state index in [4.69, 9.17) is 20.8 Å². The molecule has 0 spiro atoms. The average molecular weight is 324 g/mol. The van der Waals surface area contributed by atoms with Gasteiger partial charge in [0.2, 0.25) is 5.91 Å². The minimum absolute atomic E-state index is 0.0365. The monoisotopic (exact) mass is 323 g/mol. The van der Waals surface area contributed by atoms with Crippen molar-refractivity contribution < 1.29 is 19.1 Å². The lowest BCUT2D eigenvalue weighted by Crippen LogP contribution is -2.39. The highest BCUT2D eigenvalue weighted by Crippen LogP contribution is 2.19. The lowest BCUT2D eigenvalue weighted by Gasteiger charge is -2.21. The number of rotatable bonds is 7. The number of carbonyl (C=O) groups excluding carboxylic acids is 1. The average Bonchev–Trinajstić information content (AvgIpc) is 3.02. The van der Waals surface area contributed by atoms with Crippen LogP contribution in [0.5, 0.6) is 0 Å². The van der Waals surface area contributed by atoms with Crippen LogP contribution in [-0.4, -0.2) is 24.2 Å². The van der Waals surface area contributed by atoms with Crippen LogP contribution >= 0.6 is 11.6 Å². The lowest BCUT2D eigenvalue weighted by molar-refractivity contribution is -0.127. The van der Waals surface area contributed by atoms with Gasteiger partial charge in [0.15, 0.2) is 0 Å². The Bertz CT molecular complexity index is 610. The second kappa shape index (κ2) is 7.45. The fourth-order valence-electron chi connectivity index (χ4n) is 1.86. The third kappa shape index (κ3) is 4.59. The van der Waals surface area contributed by atoms with E-state index in [0.29, 0.717) is 10.8 Å². The highest BCUT2D eigenvalue weighted by atomic mass is 35.5. The number of hydrogen-bond acceptors (Lipinski definition) is 4. The summed E-state index contributed by atoms with van der Waals surface area (Å²) < 4.78 is 10.5. The molecule has 1 heterocycles. The van der Waals surface area contributed by atoms with Gasteiger partial charge in [-0.1, -0.05) is 29.8 Å². The molecular weight excluding hydrogens is 306 g/mol. The number of amides is 1. The van der Waals surface area contributed by atoms with Crippen molar-refractivity contribution in [1.82, 2.24) is 5.32 Å². The van der Waals surface area contributed by atoms with Crippen LogP contribution < -0.4 is 5.32 Å². The van der Waals surface area contributed by atoms with Crippen LogP contribution in [0.3, 0.4) is 0 Å². The molecule has 1 atom stereocenters. The smallest absolute Gasteiger partial charge is 0.246 e. The summed E-state index contributed by atoms with van der Waals surface area (Å²) in [5.41, 5.74) is -0.443. The second-order valence-electron chi connectivity index (χ2n) is 5.11. The molecule has 1 amide bonds. The number of nitrogens with one attached hydrogen (secondary N) is 1. The Morgan fingerprint density at radius 3 is 2.82 bits per heavy atom. The third-order valence-corrected chi connectivity index (χ3v) is 3.50. The van der Waals surface area contributed by atoms with Crippen molar-refractivity contribution in [2.24, 2.45) is 0 Å². The van der Waals surface area contributed by atoms with Gasteiger partial charge in [-0.25, -0.2) is 0 Å². The summed E-state index contributed by atoms with van der Waals surface area (Å²) in [6.45, 7) is 1.74. The minimum Gasteiger partial charge on any atom is -0.466 e. The van der Waals surface area contributed by atoms with E-state index in [0.717, 1.165) is 5.56 Å². The summed E-state index contributed by atoms with van der Waals surface area (Å²) in [6, 6.07) is 10.6. The van der Waals surface area contributed by atoms with Gasteiger partial charge in [-0.3, -0.25) is 4.79 Å². The fraction of sp³-hybridized carbons (Fsp3) is 0.312. The number of ether oxygens (including phenoxy) is 1. The molecule has 0 fully saturated rings. The molecule has 22 heavy (non-hydrogen) atoms. The first-order valence-electron chi connectivity index (χ1n) is 6.83. The van der Waals surface area contributed by atoms with Gasteiger partial charge in [0.05, 0.1) is 19.4 Å². The zero-order chi connectivity index (χ0) is 16.0. The number of furan rings is 1. The molecular formula is C16H18ClNO4. The summed E-state index contributed by atoms with van der Waals surface area (Å²) in [5.74, 6) is 0.0728. The van der Waals surface area contributed by atoms with E-state index in [-0.39, 0.29) is 25.7 Å². The predicted octanol–water partition coefficient (Wildman–Crippen LogP) is 2.47. The molecule has 6 heteroatoms. The Hall–Kier alpha value is -1.82. The first-order valence-corrected chi connectivity index (χ1v) is 7.21. The fourth-order valence-corrected chi connectivity index (χ4v) is 2.05. The van der Waals surface area contributed by atoms with Gasteiger partial charge >= 0.3 is 0 Å². The molecule has 0 saturated heterocycles. The number of benzene rings is 1. The van der Waals surface area contributed by atoms with Crippen molar-refractivity contribution in [2.45, 2.75) is 19.1 Å². The van der Waals surface area contributed by atoms with E-state index in [1.165, 1.54) is 6.26 Å². The molecule has 0 aliphatic carbocycles. The molecule has 1 unspecified atom stereocenters. The lowest BCUT2D eigenvalue weighted by atomic mass is 10.0. The minimum atomic E-state index is -1.26. The van der Waals surface area contributed by atoms with Crippen LogP contribution in [0.2, 0.25) is 5.02 Å². The van der Waals surface area contributed by atoms with Crippen LogP contribution in [0.25, 0.3) is 0 Å². The van der Waals surface area contributed by atoms with E-state index in [1.807, 2.05) is 18.2 Å². The van der Waals surface area contributed by atoms with Crippen molar-refractivity contribution in [3.63, 3.8) is 0 Å². The normalized spacial score (nSPS) is 13.6. The van der Waals surface area contributed by atoms with E-state index >= 15 is 0 Å². The zero-order valence-corrected chi connectivity index (χ0v) is 13.0. The second-order valence-corrected chi connectivity index (χ2v) is 5.52. The maximum absolute atomic E-state index is 11.7.